The number of para-hydroxylation sites is 1. The molecular weight excluding hydrogens is 238 g/mol. The highest BCUT2D eigenvalue weighted by atomic mass is 16.5. The molecule has 2 N–H and O–H groups in total. The third-order valence-corrected chi connectivity index (χ3v) is 3.85. The summed E-state index contributed by atoms with van der Waals surface area (Å²) < 4.78 is 6.09. The van der Waals surface area contributed by atoms with E-state index >= 15 is 0 Å². The van der Waals surface area contributed by atoms with E-state index in [9.17, 15) is 5.11 Å². The molecule has 106 valence electrons. The summed E-state index contributed by atoms with van der Waals surface area (Å²) in [7, 11) is 0. The third-order valence-electron chi connectivity index (χ3n) is 3.85. The van der Waals surface area contributed by atoms with Gasteiger partial charge in [-0.3, -0.25) is 0 Å². The number of aryl methyl sites for hydroxylation is 1. The van der Waals surface area contributed by atoms with Gasteiger partial charge in [0, 0.05) is 18.0 Å². The van der Waals surface area contributed by atoms with Gasteiger partial charge in [0.05, 0.1) is 6.61 Å². The molecule has 3 heteroatoms. The van der Waals surface area contributed by atoms with Gasteiger partial charge in [0.25, 0.3) is 0 Å². The van der Waals surface area contributed by atoms with Crippen LogP contribution in [0.5, 0.6) is 5.75 Å². The molecule has 0 bridgehead atoms. The van der Waals surface area contributed by atoms with Crippen LogP contribution in [-0.2, 0) is 0 Å². The highest BCUT2D eigenvalue weighted by Gasteiger charge is 2.40. The number of hydrogen-bond donors (Lipinski definition) is 2. The smallest absolute Gasteiger partial charge is 0.122 e. The van der Waals surface area contributed by atoms with Crippen LogP contribution in [0.15, 0.2) is 24.3 Å². The van der Waals surface area contributed by atoms with Gasteiger partial charge >= 0.3 is 0 Å². The molecule has 0 spiro atoms. The molecule has 1 aromatic rings. The van der Waals surface area contributed by atoms with Crippen molar-refractivity contribution in [2.75, 3.05) is 6.61 Å². The van der Waals surface area contributed by atoms with Crippen LogP contribution in [0, 0.1) is 6.92 Å². The molecule has 2 rings (SSSR count). The van der Waals surface area contributed by atoms with E-state index in [2.05, 4.69) is 32.2 Å². The minimum absolute atomic E-state index is 0.165. The summed E-state index contributed by atoms with van der Waals surface area (Å²) in [6.45, 7) is 6.48. The highest BCUT2D eigenvalue weighted by molar-refractivity contribution is 5.32. The average Bonchev–Trinajstić information content (AvgIpc) is 2.75. The predicted octanol–water partition coefficient (Wildman–Crippen LogP) is 2.66. The number of aliphatic hydroxyl groups excluding tert-OH is 1. The quantitative estimate of drug-likeness (QED) is 0.858. The zero-order valence-electron chi connectivity index (χ0n) is 12.1. The lowest BCUT2D eigenvalue weighted by atomic mass is 9.97. The largest absolute Gasteiger partial charge is 0.490 e. The summed E-state index contributed by atoms with van der Waals surface area (Å²) in [5, 5.41) is 13.2. The molecule has 3 nitrogen and oxygen atoms in total. The molecular formula is C16H25NO2. The minimum Gasteiger partial charge on any atom is -0.490 e. The van der Waals surface area contributed by atoms with Gasteiger partial charge in [-0.2, -0.15) is 0 Å². The van der Waals surface area contributed by atoms with Crippen molar-refractivity contribution in [2.45, 2.75) is 57.7 Å². The zero-order valence-corrected chi connectivity index (χ0v) is 12.1. The molecule has 2 atom stereocenters. The van der Waals surface area contributed by atoms with Gasteiger partial charge in [0.2, 0.25) is 0 Å². The summed E-state index contributed by atoms with van der Waals surface area (Å²) >= 11 is 0. The van der Waals surface area contributed by atoms with Crippen LogP contribution in [0.2, 0.25) is 0 Å². The maximum Gasteiger partial charge on any atom is 0.122 e. The molecule has 0 aliphatic heterocycles. The lowest BCUT2D eigenvalue weighted by Gasteiger charge is -2.31. The fourth-order valence-electron chi connectivity index (χ4n) is 2.98. The van der Waals surface area contributed by atoms with Crippen LogP contribution in [0.25, 0.3) is 0 Å². The molecule has 0 saturated heterocycles. The van der Waals surface area contributed by atoms with Crippen molar-refractivity contribution in [3.8, 4) is 5.75 Å². The van der Waals surface area contributed by atoms with Crippen molar-refractivity contribution in [2.24, 2.45) is 0 Å². The Morgan fingerprint density at radius 1 is 1.42 bits per heavy atom. The minimum atomic E-state index is -0.165. The fraction of sp³-hybridized carbons (Fsp3) is 0.625. The normalized spacial score (nSPS) is 26.9. The molecule has 0 radical (unpaired) electrons. The number of nitrogens with one attached hydrogen (secondary N) is 1. The average molecular weight is 263 g/mol. The van der Waals surface area contributed by atoms with Gasteiger partial charge in [-0.15, -0.1) is 0 Å². The lowest BCUT2D eigenvalue weighted by molar-refractivity contribution is 0.133. The maximum absolute atomic E-state index is 9.69. The van der Waals surface area contributed by atoms with Crippen molar-refractivity contribution in [3.05, 3.63) is 29.8 Å². The standard InChI is InChI=1S/C16H25NO2/c1-12(2)17-16(11-18)9-8-14(10-16)19-15-7-5-4-6-13(15)3/h4-7,12,14,17-18H,8-11H2,1-3H3. The molecule has 1 saturated carbocycles. The summed E-state index contributed by atoms with van der Waals surface area (Å²) in [5.74, 6) is 0.964. The van der Waals surface area contributed by atoms with Crippen molar-refractivity contribution < 1.29 is 9.84 Å². The van der Waals surface area contributed by atoms with Gasteiger partial charge in [-0.25, -0.2) is 0 Å². The van der Waals surface area contributed by atoms with Gasteiger partial charge in [0.1, 0.15) is 11.9 Å². The summed E-state index contributed by atoms with van der Waals surface area (Å²) in [5.41, 5.74) is 1.00. The first-order valence-corrected chi connectivity index (χ1v) is 7.15. The van der Waals surface area contributed by atoms with Crippen LogP contribution in [0.1, 0.15) is 38.7 Å². The zero-order chi connectivity index (χ0) is 13.9. The van der Waals surface area contributed by atoms with Gasteiger partial charge < -0.3 is 15.2 Å². The first-order chi connectivity index (χ1) is 9.04. The summed E-state index contributed by atoms with van der Waals surface area (Å²) in [6, 6.07) is 8.49. The lowest BCUT2D eigenvalue weighted by Crippen LogP contribution is -2.50. The van der Waals surface area contributed by atoms with Crippen molar-refractivity contribution in [1.29, 1.82) is 0 Å². The summed E-state index contributed by atoms with van der Waals surface area (Å²) in [6.07, 6.45) is 3.03. The number of benzene rings is 1. The van der Waals surface area contributed by atoms with Crippen molar-refractivity contribution in [1.82, 2.24) is 5.32 Å². The van der Waals surface area contributed by atoms with E-state index in [4.69, 9.17) is 4.74 Å². The van der Waals surface area contributed by atoms with Crippen molar-refractivity contribution >= 4 is 0 Å². The maximum atomic E-state index is 9.69. The third kappa shape index (κ3) is 3.48. The Hall–Kier alpha value is -1.06. The second kappa shape index (κ2) is 5.93. The van der Waals surface area contributed by atoms with E-state index in [1.807, 2.05) is 18.2 Å². The molecule has 19 heavy (non-hydrogen) atoms. The predicted molar refractivity (Wildman–Crippen MR) is 77.5 cm³/mol. The van der Waals surface area contributed by atoms with E-state index in [0.29, 0.717) is 6.04 Å². The van der Waals surface area contributed by atoms with Crippen LogP contribution in [0.4, 0.5) is 0 Å². The van der Waals surface area contributed by atoms with Crippen LogP contribution < -0.4 is 10.1 Å². The molecule has 1 fully saturated rings. The van der Waals surface area contributed by atoms with E-state index in [-0.39, 0.29) is 18.2 Å². The van der Waals surface area contributed by atoms with E-state index in [1.165, 1.54) is 5.56 Å². The van der Waals surface area contributed by atoms with Crippen LogP contribution in [0.3, 0.4) is 0 Å². The first-order valence-electron chi connectivity index (χ1n) is 7.15. The molecule has 0 heterocycles. The van der Waals surface area contributed by atoms with E-state index in [0.717, 1.165) is 25.0 Å². The number of rotatable bonds is 5. The van der Waals surface area contributed by atoms with E-state index in [1.54, 1.807) is 0 Å². The Kier molecular flexibility index (Phi) is 4.48. The molecule has 1 aliphatic carbocycles. The Morgan fingerprint density at radius 2 is 2.16 bits per heavy atom. The first kappa shape index (κ1) is 14.4. The Balaban J connectivity index is 2.00. The molecule has 0 amide bonds. The Bertz CT molecular complexity index is 419. The van der Waals surface area contributed by atoms with Gasteiger partial charge in [-0.05, 0) is 31.4 Å². The monoisotopic (exact) mass is 263 g/mol. The number of hydrogen-bond acceptors (Lipinski definition) is 3. The van der Waals surface area contributed by atoms with Gasteiger partial charge in [0.15, 0.2) is 0 Å². The Labute approximate surface area is 116 Å². The van der Waals surface area contributed by atoms with Crippen molar-refractivity contribution in [3.63, 3.8) is 0 Å². The molecule has 1 aliphatic rings. The van der Waals surface area contributed by atoms with E-state index < -0.39 is 0 Å². The Morgan fingerprint density at radius 3 is 2.79 bits per heavy atom. The summed E-state index contributed by atoms with van der Waals surface area (Å²) in [4.78, 5) is 0. The number of ether oxygens (including phenoxy) is 1. The second-order valence-electron chi connectivity index (χ2n) is 5.99. The fourth-order valence-corrected chi connectivity index (χ4v) is 2.98. The van der Waals surface area contributed by atoms with Crippen LogP contribution in [-0.4, -0.2) is 29.4 Å². The SMILES string of the molecule is Cc1ccccc1OC1CCC(CO)(NC(C)C)C1. The van der Waals surface area contributed by atoms with Crippen LogP contribution >= 0.6 is 0 Å². The molecule has 0 aromatic heterocycles. The molecule has 1 aromatic carbocycles. The second-order valence-corrected chi connectivity index (χ2v) is 5.99. The van der Waals surface area contributed by atoms with Gasteiger partial charge in [-0.1, -0.05) is 32.0 Å². The number of aliphatic hydroxyl groups is 1. The topological polar surface area (TPSA) is 41.5 Å². The molecule has 2 unspecified atom stereocenters. The highest BCUT2D eigenvalue weighted by Crippen LogP contribution is 2.33.